The highest BCUT2D eigenvalue weighted by molar-refractivity contribution is 7.90. The van der Waals surface area contributed by atoms with Gasteiger partial charge in [-0.2, -0.15) is 13.9 Å². The van der Waals surface area contributed by atoms with E-state index in [2.05, 4.69) is 10.2 Å². The highest BCUT2D eigenvalue weighted by Gasteiger charge is 2.14. The average Bonchev–Trinajstić information content (AvgIpc) is 3.05. The Morgan fingerprint density at radius 2 is 1.63 bits per heavy atom. The Morgan fingerprint density at radius 3 is 2.13 bits per heavy atom. The van der Waals surface area contributed by atoms with Crippen molar-refractivity contribution in [1.29, 1.82) is 0 Å². The largest absolute Gasteiger partial charge is 0.343 e. The second-order valence-corrected chi connectivity index (χ2v) is 8.79. The molecule has 0 unspecified atom stereocenters. The Kier molecular flexibility index (Phi) is 6.28. The lowest BCUT2D eigenvalue weighted by molar-refractivity contribution is 0.407. The zero-order valence-electron chi connectivity index (χ0n) is 16.1. The fourth-order valence-corrected chi connectivity index (χ4v) is 3.57. The molecule has 3 rings (SSSR count). The molecule has 0 aliphatic heterocycles. The summed E-state index contributed by atoms with van der Waals surface area (Å²) >= 11 is 0. The van der Waals surface area contributed by atoms with Gasteiger partial charge in [-0.1, -0.05) is 36.4 Å². The Hall–Kier alpha value is -3.11. The van der Waals surface area contributed by atoms with Gasteiger partial charge in [0.25, 0.3) is 6.08 Å². The number of hydrogen-bond acceptors (Lipinski definition) is 5. The number of nitrogens with one attached hydrogen (secondary N) is 1. The molecule has 0 aliphatic carbocycles. The summed E-state index contributed by atoms with van der Waals surface area (Å²) in [4.78, 5) is 12.3. The molecular weight excluding hydrogens is 414 g/mol. The summed E-state index contributed by atoms with van der Waals surface area (Å²) in [5.41, 5.74) is 7.05. The second-order valence-electron chi connectivity index (χ2n) is 6.77. The molecule has 0 bridgehead atoms. The van der Waals surface area contributed by atoms with Gasteiger partial charge in [0.15, 0.2) is 9.84 Å². The summed E-state index contributed by atoms with van der Waals surface area (Å²) < 4.78 is 50.2. The molecule has 0 radical (unpaired) electrons. The molecule has 0 amide bonds. The maximum atomic E-state index is 12.9. The summed E-state index contributed by atoms with van der Waals surface area (Å²) in [6, 6.07) is 13.8. The lowest BCUT2D eigenvalue weighted by Crippen LogP contribution is -2.20. The van der Waals surface area contributed by atoms with E-state index >= 15 is 0 Å². The first-order valence-electron chi connectivity index (χ1n) is 8.95. The Bertz CT molecular complexity index is 1220. The van der Waals surface area contributed by atoms with E-state index in [9.17, 15) is 22.0 Å². The van der Waals surface area contributed by atoms with Gasteiger partial charge in [0.1, 0.15) is 5.82 Å². The predicted molar refractivity (Wildman–Crippen MR) is 109 cm³/mol. The van der Waals surface area contributed by atoms with Crippen LogP contribution in [0.5, 0.6) is 0 Å². The highest BCUT2D eigenvalue weighted by atomic mass is 32.2. The first-order valence-corrected chi connectivity index (χ1v) is 10.8. The molecule has 3 N–H and O–H groups in total. The maximum Gasteiger partial charge on any atom is 0.343 e. The summed E-state index contributed by atoms with van der Waals surface area (Å²) in [5, 5.41) is 6.11. The molecule has 0 saturated heterocycles. The van der Waals surface area contributed by atoms with Gasteiger partial charge in [-0.05, 0) is 28.8 Å². The van der Waals surface area contributed by atoms with Gasteiger partial charge in [0.2, 0.25) is 0 Å². The van der Waals surface area contributed by atoms with Gasteiger partial charge in [0, 0.05) is 24.8 Å². The van der Waals surface area contributed by atoms with Crippen LogP contribution in [0.1, 0.15) is 11.4 Å². The van der Waals surface area contributed by atoms with Crippen molar-refractivity contribution in [2.75, 3.05) is 12.8 Å². The minimum Gasteiger partial charge on any atom is -0.327 e. The van der Waals surface area contributed by atoms with Crippen LogP contribution in [-0.4, -0.2) is 36.0 Å². The van der Waals surface area contributed by atoms with Crippen LogP contribution < -0.4 is 11.4 Å². The van der Waals surface area contributed by atoms with Crippen molar-refractivity contribution in [3.8, 4) is 11.1 Å². The van der Waals surface area contributed by atoms with Crippen LogP contribution in [0.3, 0.4) is 0 Å². The minimum absolute atomic E-state index is 0.156. The lowest BCUT2D eigenvalue weighted by atomic mass is 10.0. The van der Waals surface area contributed by atoms with E-state index in [0.717, 1.165) is 22.9 Å². The summed E-state index contributed by atoms with van der Waals surface area (Å²) in [7, 11) is -3.26. The van der Waals surface area contributed by atoms with Crippen LogP contribution in [0, 0.1) is 0 Å². The number of sulfone groups is 1. The first-order chi connectivity index (χ1) is 14.2. The molecule has 7 nitrogen and oxygen atoms in total. The molecule has 0 spiro atoms. The number of rotatable bonds is 7. The molecule has 3 aromatic rings. The predicted octanol–water partition coefficient (Wildman–Crippen LogP) is 2.34. The number of nitrogens with two attached hydrogens (primary N) is 1. The van der Waals surface area contributed by atoms with Crippen molar-refractivity contribution in [2.45, 2.75) is 17.9 Å². The van der Waals surface area contributed by atoms with Crippen molar-refractivity contribution < 1.29 is 17.2 Å². The zero-order chi connectivity index (χ0) is 21.9. The van der Waals surface area contributed by atoms with Gasteiger partial charge >= 0.3 is 5.69 Å². The number of halogens is 2. The molecule has 1 heterocycles. The van der Waals surface area contributed by atoms with Crippen molar-refractivity contribution in [3.05, 3.63) is 82.1 Å². The fraction of sp³-hybridized carbons (Fsp3) is 0.200. The van der Waals surface area contributed by atoms with Gasteiger partial charge in [-0.3, -0.25) is 4.57 Å². The van der Waals surface area contributed by atoms with Gasteiger partial charge in [0.05, 0.1) is 11.4 Å². The topological polar surface area (TPSA) is 111 Å². The first kappa shape index (κ1) is 21.6. The Morgan fingerprint density at radius 1 is 1.07 bits per heavy atom. The SMILES string of the molecule is CS(=O)(=O)c1ccc(-c2ccc(Cn3c(CC(CN)=C(F)F)n[nH]c3=O)cc2)cc1. The fourth-order valence-electron chi connectivity index (χ4n) is 2.94. The molecule has 0 aliphatic rings. The van der Waals surface area contributed by atoms with Gasteiger partial charge in [-0.25, -0.2) is 18.3 Å². The molecule has 158 valence electrons. The summed E-state index contributed by atoms with van der Waals surface area (Å²) in [6.45, 7) is -0.167. The molecule has 1 aromatic heterocycles. The van der Waals surface area contributed by atoms with E-state index in [-0.39, 0.29) is 35.8 Å². The number of H-pyrrole nitrogens is 1. The van der Waals surface area contributed by atoms with E-state index in [1.54, 1.807) is 36.4 Å². The quantitative estimate of drug-likeness (QED) is 0.593. The molecule has 0 fully saturated rings. The third-order valence-electron chi connectivity index (χ3n) is 4.63. The number of aromatic nitrogens is 3. The average molecular weight is 434 g/mol. The van der Waals surface area contributed by atoms with Gasteiger partial charge < -0.3 is 5.73 Å². The molecule has 0 saturated carbocycles. The molecule has 30 heavy (non-hydrogen) atoms. The van der Waals surface area contributed by atoms with E-state index < -0.39 is 21.6 Å². The number of hydrogen-bond donors (Lipinski definition) is 2. The van der Waals surface area contributed by atoms with Crippen LogP contribution >= 0.6 is 0 Å². The van der Waals surface area contributed by atoms with Crippen molar-refractivity contribution >= 4 is 9.84 Å². The molecular formula is C20H20F2N4O3S. The van der Waals surface area contributed by atoms with Crippen molar-refractivity contribution in [2.24, 2.45) is 5.73 Å². The number of aromatic amines is 1. The Labute approximate surface area is 171 Å². The second kappa shape index (κ2) is 8.72. The van der Waals surface area contributed by atoms with Gasteiger partial charge in [-0.15, -0.1) is 0 Å². The van der Waals surface area contributed by atoms with E-state index in [1.807, 2.05) is 12.1 Å². The van der Waals surface area contributed by atoms with Crippen LogP contribution in [-0.2, 0) is 22.8 Å². The maximum absolute atomic E-state index is 12.9. The van der Waals surface area contributed by atoms with Crippen molar-refractivity contribution in [3.63, 3.8) is 0 Å². The van der Waals surface area contributed by atoms with Crippen LogP contribution in [0.15, 0.2) is 69.9 Å². The van der Waals surface area contributed by atoms with E-state index in [4.69, 9.17) is 5.73 Å². The smallest absolute Gasteiger partial charge is 0.327 e. The highest BCUT2D eigenvalue weighted by Crippen LogP contribution is 2.22. The Balaban J connectivity index is 1.81. The summed E-state index contributed by atoms with van der Waals surface area (Å²) in [6.07, 6.45) is -0.940. The lowest BCUT2D eigenvalue weighted by Gasteiger charge is -2.09. The van der Waals surface area contributed by atoms with Crippen LogP contribution in [0.25, 0.3) is 11.1 Å². The standard InChI is InChI=1S/C20H20F2N4O3S/c1-30(28,29)17-8-6-15(7-9-17)14-4-2-13(3-5-14)12-26-18(24-25-20(26)27)10-16(11-23)19(21)22/h2-9H,10-12,23H2,1H3,(H,25,27). The van der Waals surface area contributed by atoms with Crippen LogP contribution in [0.4, 0.5) is 8.78 Å². The zero-order valence-corrected chi connectivity index (χ0v) is 16.9. The van der Waals surface area contributed by atoms with E-state index in [1.165, 1.54) is 4.57 Å². The monoisotopic (exact) mass is 434 g/mol. The minimum atomic E-state index is -3.26. The normalized spacial score (nSPS) is 11.5. The van der Waals surface area contributed by atoms with E-state index in [0.29, 0.717) is 0 Å². The molecule has 10 heteroatoms. The number of nitrogens with zero attached hydrogens (tertiary/aromatic N) is 2. The molecule has 2 aromatic carbocycles. The summed E-state index contributed by atoms with van der Waals surface area (Å²) in [5.74, 6) is 0.175. The third-order valence-corrected chi connectivity index (χ3v) is 5.76. The number of benzene rings is 2. The third kappa shape index (κ3) is 4.89. The molecule has 0 atom stereocenters. The van der Waals surface area contributed by atoms with Crippen molar-refractivity contribution in [1.82, 2.24) is 14.8 Å². The van der Waals surface area contributed by atoms with Crippen LogP contribution in [0.2, 0.25) is 0 Å².